The number of ketones is 1. The van der Waals surface area contributed by atoms with Gasteiger partial charge in [0, 0.05) is 5.69 Å². The molecule has 0 aromatic heterocycles. The van der Waals surface area contributed by atoms with Crippen LogP contribution in [0, 0.1) is 12.8 Å². The molecule has 0 radical (unpaired) electrons. The Morgan fingerprint density at radius 2 is 1.80 bits per heavy atom. The number of aryl methyl sites for hydroxylation is 1. The Labute approximate surface area is 128 Å². The topological polar surface area (TPSA) is 46.2 Å². The lowest BCUT2D eigenvalue weighted by Crippen LogP contribution is -2.36. The molecule has 1 unspecified atom stereocenters. The molecule has 1 N–H and O–H groups in total. The van der Waals surface area contributed by atoms with Crippen LogP contribution in [0.15, 0.2) is 24.3 Å². The molecule has 1 atom stereocenters. The average molecular weight is 309 g/mol. The highest BCUT2D eigenvalue weighted by Gasteiger charge is 2.34. The molecule has 1 aromatic carbocycles. The Kier molecular flexibility index (Phi) is 5.54. The number of hydrogen-bond donors (Lipinski definition) is 1. The zero-order chi connectivity index (χ0) is 14.5. The van der Waals surface area contributed by atoms with Crippen LogP contribution >= 0.6 is 23.5 Å². The number of carbonyl (C=O) groups excluding carboxylic acids is 2. The van der Waals surface area contributed by atoms with Crippen LogP contribution in [0.4, 0.5) is 5.69 Å². The fourth-order valence-corrected chi connectivity index (χ4v) is 5.30. The van der Waals surface area contributed by atoms with Crippen molar-refractivity contribution in [1.82, 2.24) is 0 Å². The number of rotatable bonds is 4. The number of thioether (sulfide) groups is 2. The van der Waals surface area contributed by atoms with Gasteiger partial charge in [0.25, 0.3) is 0 Å². The maximum Gasteiger partial charge on any atom is 0.236 e. The highest BCUT2D eigenvalue weighted by atomic mass is 32.2. The van der Waals surface area contributed by atoms with Crippen LogP contribution in [0.5, 0.6) is 0 Å². The lowest BCUT2D eigenvalue weighted by molar-refractivity contribution is -0.129. The minimum atomic E-state index is -0.563. The monoisotopic (exact) mass is 309 g/mol. The Balaban J connectivity index is 2.06. The third kappa shape index (κ3) is 4.03. The Morgan fingerprint density at radius 3 is 2.35 bits per heavy atom. The molecule has 108 valence electrons. The van der Waals surface area contributed by atoms with Gasteiger partial charge in [-0.25, -0.2) is 0 Å². The average Bonchev–Trinajstić information content (AvgIpc) is 2.42. The van der Waals surface area contributed by atoms with Gasteiger partial charge in [-0.3, -0.25) is 9.59 Å². The molecule has 1 aliphatic rings. The highest BCUT2D eigenvalue weighted by molar-refractivity contribution is 8.17. The normalized spacial score (nSPS) is 17.5. The third-order valence-electron chi connectivity index (χ3n) is 3.16. The summed E-state index contributed by atoms with van der Waals surface area (Å²) in [6.45, 7) is 3.51. The van der Waals surface area contributed by atoms with Crippen molar-refractivity contribution in [2.45, 2.75) is 24.9 Å². The number of hydrogen-bond acceptors (Lipinski definition) is 4. The van der Waals surface area contributed by atoms with E-state index < -0.39 is 5.92 Å². The summed E-state index contributed by atoms with van der Waals surface area (Å²) in [5.41, 5.74) is 1.89. The van der Waals surface area contributed by atoms with Crippen molar-refractivity contribution in [1.29, 1.82) is 0 Å². The van der Waals surface area contributed by atoms with Gasteiger partial charge in [-0.1, -0.05) is 17.7 Å². The van der Waals surface area contributed by atoms with E-state index in [4.69, 9.17) is 0 Å². The number of anilines is 1. The van der Waals surface area contributed by atoms with Gasteiger partial charge >= 0.3 is 0 Å². The smallest absolute Gasteiger partial charge is 0.236 e. The van der Waals surface area contributed by atoms with Crippen LogP contribution in [0.2, 0.25) is 0 Å². The summed E-state index contributed by atoms with van der Waals surface area (Å²) in [5.74, 6) is 1.25. The molecule has 0 spiro atoms. The molecule has 5 heteroatoms. The second-order valence-corrected chi connectivity index (χ2v) is 7.70. The largest absolute Gasteiger partial charge is 0.325 e. The molecular formula is C15H19NO2S2. The molecule has 20 heavy (non-hydrogen) atoms. The summed E-state index contributed by atoms with van der Waals surface area (Å²) >= 11 is 3.44. The van der Waals surface area contributed by atoms with Gasteiger partial charge in [-0.15, -0.1) is 23.5 Å². The molecule has 1 heterocycles. The third-order valence-corrected chi connectivity index (χ3v) is 6.23. The van der Waals surface area contributed by atoms with E-state index in [1.807, 2.05) is 31.2 Å². The standard InChI is InChI=1S/C15H19NO2S2/c1-10-4-6-12(7-5-10)16-14(18)13(11(2)17)15-19-8-3-9-20-15/h4-7,13,15H,3,8-9H2,1-2H3,(H,16,18). The van der Waals surface area contributed by atoms with E-state index >= 15 is 0 Å². The van der Waals surface area contributed by atoms with Crippen LogP contribution in [0.3, 0.4) is 0 Å². The Morgan fingerprint density at radius 1 is 1.20 bits per heavy atom. The lowest BCUT2D eigenvalue weighted by Gasteiger charge is -2.26. The van der Waals surface area contributed by atoms with Crippen molar-refractivity contribution in [3.8, 4) is 0 Å². The second-order valence-electron chi connectivity index (χ2n) is 4.91. The number of nitrogens with one attached hydrogen (secondary N) is 1. The first-order chi connectivity index (χ1) is 9.58. The number of carbonyl (C=O) groups is 2. The summed E-state index contributed by atoms with van der Waals surface area (Å²) < 4.78 is 0.0479. The van der Waals surface area contributed by atoms with Crippen molar-refractivity contribution >= 4 is 40.9 Å². The molecule has 2 rings (SSSR count). The van der Waals surface area contributed by atoms with Crippen molar-refractivity contribution < 1.29 is 9.59 Å². The molecule has 1 aromatic rings. The molecule has 0 saturated carbocycles. The Hall–Kier alpha value is -0.940. The summed E-state index contributed by atoms with van der Waals surface area (Å²) in [7, 11) is 0. The molecule has 1 fully saturated rings. The zero-order valence-electron chi connectivity index (χ0n) is 11.7. The lowest BCUT2D eigenvalue weighted by atomic mass is 10.1. The van der Waals surface area contributed by atoms with Gasteiger partial charge in [-0.2, -0.15) is 0 Å². The molecule has 1 saturated heterocycles. The first kappa shape index (κ1) is 15.4. The van der Waals surface area contributed by atoms with E-state index in [0.717, 1.165) is 29.2 Å². The maximum atomic E-state index is 12.4. The van der Waals surface area contributed by atoms with Crippen LogP contribution in [-0.4, -0.2) is 27.8 Å². The maximum absolute atomic E-state index is 12.4. The summed E-state index contributed by atoms with van der Waals surface area (Å²) in [4.78, 5) is 24.2. The van der Waals surface area contributed by atoms with Crippen LogP contribution in [0.25, 0.3) is 0 Å². The molecule has 3 nitrogen and oxygen atoms in total. The van der Waals surface area contributed by atoms with E-state index in [1.54, 1.807) is 23.5 Å². The molecule has 0 bridgehead atoms. The van der Waals surface area contributed by atoms with Crippen LogP contribution < -0.4 is 5.32 Å². The van der Waals surface area contributed by atoms with Crippen LogP contribution in [0.1, 0.15) is 18.9 Å². The van der Waals surface area contributed by atoms with E-state index in [0.29, 0.717) is 0 Å². The fourth-order valence-electron chi connectivity index (χ4n) is 2.06. The quantitative estimate of drug-likeness (QED) is 0.867. The van der Waals surface area contributed by atoms with Crippen molar-refractivity contribution in [3.05, 3.63) is 29.8 Å². The minimum Gasteiger partial charge on any atom is -0.325 e. The number of benzene rings is 1. The molecule has 1 amide bonds. The van der Waals surface area contributed by atoms with Gasteiger partial charge in [-0.05, 0) is 43.9 Å². The van der Waals surface area contributed by atoms with E-state index in [-0.39, 0.29) is 16.3 Å². The van der Waals surface area contributed by atoms with E-state index in [1.165, 1.54) is 6.92 Å². The van der Waals surface area contributed by atoms with Crippen molar-refractivity contribution in [3.63, 3.8) is 0 Å². The van der Waals surface area contributed by atoms with Gasteiger partial charge < -0.3 is 5.32 Å². The summed E-state index contributed by atoms with van der Waals surface area (Å²) in [6.07, 6.45) is 1.15. The first-order valence-electron chi connectivity index (χ1n) is 6.69. The number of Topliss-reactive ketones (excluding diaryl/α,β-unsaturated/α-hetero) is 1. The summed E-state index contributed by atoms with van der Waals surface area (Å²) in [6, 6.07) is 7.63. The summed E-state index contributed by atoms with van der Waals surface area (Å²) in [5, 5.41) is 2.86. The SMILES string of the molecule is CC(=O)C(C(=O)Nc1ccc(C)cc1)C1SCCCS1. The van der Waals surface area contributed by atoms with Gasteiger partial charge in [0.2, 0.25) is 5.91 Å². The predicted octanol–water partition coefficient (Wildman–Crippen LogP) is 3.33. The van der Waals surface area contributed by atoms with Gasteiger partial charge in [0.05, 0.1) is 4.58 Å². The minimum absolute atomic E-state index is 0.0479. The van der Waals surface area contributed by atoms with Gasteiger partial charge in [0.1, 0.15) is 11.7 Å². The van der Waals surface area contributed by atoms with Crippen LogP contribution in [-0.2, 0) is 9.59 Å². The predicted molar refractivity (Wildman–Crippen MR) is 87.3 cm³/mol. The molecule has 0 aliphatic carbocycles. The Bertz CT molecular complexity index is 481. The van der Waals surface area contributed by atoms with E-state index in [9.17, 15) is 9.59 Å². The highest BCUT2D eigenvalue weighted by Crippen LogP contribution is 2.36. The number of amides is 1. The molecule has 1 aliphatic heterocycles. The van der Waals surface area contributed by atoms with Gasteiger partial charge in [0.15, 0.2) is 0 Å². The molecular weight excluding hydrogens is 290 g/mol. The zero-order valence-corrected chi connectivity index (χ0v) is 13.4. The first-order valence-corrected chi connectivity index (χ1v) is 8.79. The van der Waals surface area contributed by atoms with Crippen molar-refractivity contribution in [2.75, 3.05) is 16.8 Å². The van der Waals surface area contributed by atoms with E-state index in [2.05, 4.69) is 5.32 Å². The van der Waals surface area contributed by atoms with Crippen molar-refractivity contribution in [2.24, 2.45) is 5.92 Å². The fraction of sp³-hybridized carbons (Fsp3) is 0.467. The second kappa shape index (κ2) is 7.18.